The Kier molecular flexibility index (Phi) is 3.39. The van der Waals surface area contributed by atoms with Crippen molar-refractivity contribution in [3.8, 4) is 5.69 Å². The molecule has 0 aliphatic carbocycles. The summed E-state index contributed by atoms with van der Waals surface area (Å²) in [6.07, 6.45) is -3.76. The quantitative estimate of drug-likeness (QED) is 0.883. The maximum Gasteiger partial charge on any atom is 0.435 e. The highest BCUT2D eigenvalue weighted by Crippen LogP contribution is 2.35. The molecule has 0 aliphatic rings. The van der Waals surface area contributed by atoms with E-state index in [4.69, 9.17) is 5.73 Å². The molecule has 106 valence electrons. The lowest BCUT2D eigenvalue weighted by atomic mass is 10.1. The van der Waals surface area contributed by atoms with Crippen molar-refractivity contribution in [1.82, 2.24) is 15.1 Å². The van der Waals surface area contributed by atoms with E-state index in [9.17, 15) is 18.0 Å². The molecule has 0 bridgehead atoms. The molecule has 2 aromatic rings. The van der Waals surface area contributed by atoms with Gasteiger partial charge in [0.15, 0.2) is 5.69 Å². The number of aromatic nitrogens is 2. The second-order valence-electron chi connectivity index (χ2n) is 3.95. The predicted octanol–water partition coefficient (Wildman–Crippen LogP) is 1.83. The smallest absolute Gasteiger partial charge is 0.396 e. The van der Waals surface area contributed by atoms with E-state index in [2.05, 4.69) is 10.4 Å². The van der Waals surface area contributed by atoms with Crippen LogP contribution >= 0.6 is 0 Å². The Morgan fingerprint density at radius 3 is 2.60 bits per heavy atom. The fourth-order valence-electron chi connectivity index (χ4n) is 1.81. The van der Waals surface area contributed by atoms with Gasteiger partial charge in [-0.15, -0.1) is 0 Å². The number of hydrogen-bond donors (Lipinski definition) is 2. The number of amides is 1. The zero-order valence-corrected chi connectivity index (χ0v) is 10.4. The summed E-state index contributed by atoms with van der Waals surface area (Å²) in [6.45, 7) is 0. The lowest BCUT2D eigenvalue weighted by Crippen LogP contribution is -2.22. The molecule has 0 aliphatic heterocycles. The first kappa shape index (κ1) is 13.9. The molecule has 0 unspecified atom stereocenters. The molecule has 1 aromatic carbocycles. The van der Waals surface area contributed by atoms with Gasteiger partial charge in [0.25, 0.3) is 5.91 Å². The van der Waals surface area contributed by atoms with Crippen molar-refractivity contribution in [2.24, 2.45) is 0 Å². The second-order valence-corrected chi connectivity index (χ2v) is 3.95. The van der Waals surface area contributed by atoms with Crippen LogP contribution in [0.4, 0.5) is 18.9 Å². The van der Waals surface area contributed by atoms with Crippen LogP contribution in [0.2, 0.25) is 0 Å². The zero-order chi connectivity index (χ0) is 14.9. The number of nitrogen functional groups attached to an aromatic ring is 1. The minimum absolute atomic E-state index is 0.0101. The van der Waals surface area contributed by atoms with Crippen molar-refractivity contribution in [1.29, 1.82) is 0 Å². The van der Waals surface area contributed by atoms with Crippen LogP contribution in [0.3, 0.4) is 0 Å². The van der Waals surface area contributed by atoms with Gasteiger partial charge in [0.1, 0.15) is 0 Å². The molecule has 0 radical (unpaired) electrons. The van der Waals surface area contributed by atoms with Crippen LogP contribution in [-0.4, -0.2) is 22.7 Å². The summed E-state index contributed by atoms with van der Waals surface area (Å²) in [5, 5.41) is 5.99. The number of para-hydroxylation sites is 1. The van der Waals surface area contributed by atoms with E-state index in [0.29, 0.717) is 4.68 Å². The number of rotatable bonds is 2. The highest BCUT2D eigenvalue weighted by molar-refractivity contribution is 5.97. The van der Waals surface area contributed by atoms with Gasteiger partial charge in [-0.3, -0.25) is 4.79 Å². The molecule has 1 aromatic heterocycles. The molecular weight excluding hydrogens is 273 g/mol. The van der Waals surface area contributed by atoms with Crippen LogP contribution < -0.4 is 11.1 Å². The van der Waals surface area contributed by atoms with E-state index >= 15 is 0 Å². The van der Waals surface area contributed by atoms with Crippen molar-refractivity contribution in [2.75, 3.05) is 12.8 Å². The van der Waals surface area contributed by atoms with E-state index < -0.39 is 23.5 Å². The van der Waals surface area contributed by atoms with Gasteiger partial charge in [-0.25, -0.2) is 4.68 Å². The average Bonchev–Trinajstić information content (AvgIpc) is 2.79. The number of alkyl halides is 3. The number of benzene rings is 1. The van der Waals surface area contributed by atoms with Crippen molar-refractivity contribution in [3.63, 3.8) is 0 Å². The van der Waals surface area contributed by atoms with Crippen LogP contribution in [0.15, 0.2) is 30.5 Å². The number of nitrogens with one attached hydrogen (secondary N) is 1. The second kappa shape index (κ2) is 4.87. The number of carbonyl (C=O) groups is 1. The predicted molar refractivity (Wildman–Crippen MR) is 66.4 cm³/mol. The molecule has 5 nitrogen and oxygen atoms in total. The van der Waals surface area contributed by atoms with Crippen molar-refractivity contribution in [3.05, 3.63) is 41.7 Å². The normalized spacial score (nSPS) is 11.4. The monoisotopic (exact) mass is 284 g/mol. The summed E-state index contributed by atoms with van der Waals surface area (Å²) in [5.41, 5.74) is 3.80. The summed E-state index contributed by atoms with van der Waals surface area (Å²) in [6, 6.07) is 5.84. The number of anilines is 1. The topological polar surface area (TPSA) is 72.9 Å². The average molecular weight is 284 g/mol. The number of nitrogens with zero attached hydrogens (tertiary/aromatic N) is 2. The van der Waals surface area contributed by atoms with E-state index in [1.807, 2.05) is 0 Å². The summed E-state index contributed by atoms with van der Waals surface area (Å²) >= 11 is 0. The van der Waals surface area contributed by atoms with Crippen LogP contribution in [0.25, 0.3) is 5.69 Å². The largest absolute Gasteiger partial charge is 0.435 e. The molecular formula is C12H11F3N4O. The number of halogens is 3. The van der Waals surface area contributed by atoms with Gasteiger partial charge in [0.05, 0.1) is 23.1 Å². The maximum absolute atomic E-state index is 13.0. The number of nitrogens with two attached hydrogens (primary N) is 1. The summed E-state index contributed by atoms with van der Waals surface area (Å²) in [7, 11) is 1.39. The molecule has 0 fully saturated rings. The number of carbonyl (C=O) groups excluding carboxylic acids is 1. The summed E-state index contributed by atoms with van der Waals surface area (Å²) < 4.78 is 39.6. The summed E-state index contributed by atoms with van der Waals surface area (Å²) in [4.78, 5) is 11.7. The Bertz CT molecular complexity index is 648. The van der Waals surface area contributed by atoms with Crippen molar-refractivity contribution in [2.45, 2.75) is 6.18 Å². The maximum atomic E-state index is 13.0. The van der Waals surface area contributed by atoms with Gasteiger partial charge in [-0.1, -0.05) is 12.1 Å². The SMILES string of the molecule is CNC(=O)c1ccccc1-n1ncc(N)c1C(F)(F)F. The van der Waals surface area contributed by atoms with Gasteiger partial charge in [0.2, 0.25) is 0 Å². The van der Waals surface area contributed by atoms with Crippen LogP contribution in [-0.2, 0) is 6.18 Å². The van der Waals surface area contributed by atoms with Gasteiger partial charge >= 0.3 is 6.18 Å². The molecule has 0 spiro atoms. The highest BCUT2D eigenvalue weighted by atomic mass is 19.4. The van der Waals surface area contributed by atoms with Crippen molar-refractivity contribution >= 4 is 11.6 Å². The zero-order valence-electron chi connectivity index (χ0n) is 10.4. The van der Waals surface area contributed by atoms with E-state index in [-0.39, 0.29) is 11.3 Å². The van der Waals surface area contributed by atoms with Crippen molar-refractivity contribution < 1.29 is 18.0 Å². The molecule has 8 heteroatoms. The molecule has 1 amide bonds. The molecule has 1 heterocycles. The Morgan fingerprint density at radius 2 is 2.00 bits per heavy atom. The molecule has 2 rings (SSSR count). The lowest BCUT2D eigenvalue weighted by Gasteiger charge is -2.14. The molecule has 3 N–H and O–H groups in total. The number of hydrogen-bond acceptors (Lipinski definition) is 3. The fraction of sp³-hybridized carbons (Fsp3) is 0.167. The third-order valence-electron chi connectivity index (χ3n) is 2.67. The Balaban J connectivity index is 2.68. The first-order valence-electron chi connectivity index (χ1n) is 5.58. The minimum Gasteiger partial charge on any atom is -0.396 e. The first-order valence-corrected chi connectivity index (χ1v) is 5.58. The van der Waals surface area contributed by atoms with E-state index in [0.717, 1.165) is 6.20 Å². The Morgan fingerprint density at radius 1 is 1.35 bits per heavy atom. The summed E-state index contributed by atoms with van der Waals surface area (Å²) in [5.74, 6) is -0.511. The molecule has 0 saturated carbocycles. The lowest BCUT2D eigenvalue weighted by molar-refractivity contribution is -0.142. The Labute approximate surface area is 112 Å². The van der Waals surface area contributed by atoms with E-state index in [1.54, 1.807) is 6.07 Å². The molecule has 20 heavy (non-hydrogen) atoms. The third-order valence-corrected chi connectivity index (χ3v) is 2.67. The first-order chi connectivity index (χ1) is 9.36. The highest BCUT2D eigenvalue weighted by Gasteiger charge is 2.38. The minimum atomic E-state index is -4.67. The van der Waals surface area contributed by atoms with Gasteiger partial charge in [-0.2, -0.15) is 18.3 Å². The Hall–Kier alpha value is -2.51. The van der Waals surface area contributed by atoms with Gasteiger partial charge < -0.3 is 11.1 Å². The van der Waals surface area contributed by atoms with Crippen LogP contribution in [0, 0.1) is 0 Å². The standard InChI is InChI=1S/C12H11F3N4O/c1-17-11(20)7-4-2-3-5-9(7)19-10(12(13,14)15)8(16)6-18-19/h2-6H,16H2,1H3,(H,17,20). The van der Waals surface area contributed by atoms with Gasteiger partial charge in [-0.05, 0) is 12.1 Å². The van der Waals surface area contributed by atoms with Crippen LogP contribution in [0.1, 0.15) is 16.1 Å². The fourth-order valence-corrected chi connectivity index (χ4v) is 1.81. The van der Waals surface area contributed by atoms with Crippen LogP contribution in [0.5, 0.6) is 0 Å². The van der Waals surface area contributed by atoms with Gasteiger partial charge in [0, 0.05) is 7.05 Å². The third kappa shape index (κ3) is 2.31. The van der Waals surface area contributed by atoms with E-state index in [1.165, 1.54) is 25.2 Å². The molecule has 0 saturated heterocycles. The molecule has 0 atom stereocenters.